The summed E-state index contributed by atoms with van der Waals surface area (Å²) in [7, 11) is 0. The fourth-order valence-electron chi connectivity index (χ4n) is 2.47. The summed E-state index contributed by atoms with van der Waals surface area (Å²) >= 11 is 0. The second-order valence-corrected chi connectivity index (χ2v) is 6.34. The zero-order valence-electron chi connectivity index (χ0n) is 12.3. The van der Waals surface area contributed by atoms with Crippen LogP contribution in [0.25, 0.3) is 0 Å². The number of piperidine rings is 1. The maximum atomic E-state index is 12.0. The highest BCUT2D eigenvalue weighted by Gasteiger charge is 2.23. The number of hydrogen-bond acceptors (Lipinski definition) is 2. The van der Waals surface area contributed by atoms with Crippen LogP contribution in [0.15, 0.2) is 0 Å². The Morgan fingerprint density at radius 3 is 2.72 bits per heavy atom. The summed E-state index contributed by atoms with van der Waals surface area (Å²) in [6.45, 7) is 8.50. The van der Waals surface area contributed by atoms with E-state index in [4.69, 9.17) is 0 Å². The first-order valence-electron chi connectivity index (χ1n) is 7.56. The van der Waals surface area contributed by atoms with Gasteiger partial charge in [0.2, 0.25) is 5.91 Å². The Balaban J connectivity index is 2.23. The van der Waals surface area contributed by atoms with Gasteiger partial charge < -0.3 is 10.6 Å². The van der Waals surface area contributed by atoms with E-state index < -0.39 is 0 Å². The van der Waals surface area contributed by atoms with Crippen molar-refractivity contribution in [2.75, 3.05) is 13.1 Å². The van der Waals surface area contributed by atoms with Crippen LogP contribution in [-0.2, 0) is 4.79 Å². The van der Waals surface area contributed by atoms with Crippen LogP contribution in [0.3, 0.4) is 0 Å². The average molecular weight is 254 g/mol. The Hall–Kier alpha value is -0.570. The third-order valence-electron chi connectivity index (χ3n) is 3.83. The number of rotatable bonds is 7. The van der Waals surface area contributed by atoms with E-state index in [-0.39, 0.29) is 17.4 Å². The fraction of sp³-hybridized carbons (Fsp3) is 0.933. The third kappa shape index (κ3) is 5.85. The molecule has 1 aliphatic heterocycles. The predicted molar refractivity (Wildman–Crippen MR) is 76.6 cm³/mol. The van der Waals surface area contributed by atoms with Gasteiger partial charge in [0.25, 0.3) is 0 Å². The summed E-state index contributed by atoms with van der Waals surface area (Å²) in [6, 6.07) is 0.0465. The van der Waals surface area contributed by atoms with Gasteiger partial charge in [0.05, 0.1) is 6.04 Å². The van der Waals surface area contributed by atoms with E-state index in [0.717, 1.165) is 19.5 Å². The van der Waals surface area contributed by atoms with Crippen molar-refractivity contribution in [2.24, 2.45) is 5.41 Å². The van der Waals surface area contributed by atoms with Crippen LogP contribution in [0.4, 0.5) is 0 Å². The van der Waals surface area contributed by atoms with Crippen LogP contribution in [0.2, 0.25) is 0 Å². The largest absolute Gasteiger partial charge is 0.354 e. The predicted octanol–water partition coefficient (Wildman–Crippen LogP) is 2.85. The highest BCUT2D eigenvalue weighted by molar-refractivity contribution is 5.81. The second-order valence-electron chi connectivity index (χ2n) is 6.34. The molecule has 0 aromatic rings. The van der Waals surface area contributed by atoms with Crippen molar-refractivity contribution < 1.29 is 4.79 Å². The molecule has 1 atom stereocenters. The second kappa shape index (κ2) is 7.78. The summed E-state index contributed by atoms with van der Waals surface area (Å²) in [6.07, 6.45) is 8.37. The van der Waals surface area contributed by atoms with Crippen molar-refractivity contribution in [3.05, 3.63) is 0 Å². The molecule has 0 aromatic heterocycles. The quantitative estimate of drug-likeness (QED) is 0.686. The van der Waals surface area contributed by atoms with E-state index in [9.17, 15) is 4.79 Å². The zero-order chi connectivity index (χ0) is 13.4. The first-order valence-corrected chi connectivity index (χ1v) is 7.56. The van der Waals surface area contributed by atoms with Gasteiger partial charge in [-0.15, -0.1) is 0 Å². The third-order valence-corrected chi connectivity index (χ3v) is 3.83. The Labute approximate surface area is 112 Å². The first-order chi connectivity index (χ1) is 8.55. The maximum Gasteiger partial charge on any atom is 0.237 e. The van der Waals surface area contributed by atoms with Crippen LogP contribution in [0.1, 0.15) is 65.7 Å². The molecule has 0 bridgehead atoms. The normalized spacial score (nSPS) is 20.7. The molecule has 2 N–H and O–H groups in total. The minimum absolute atomic E-state index is 0.0465. The molecule has 1 saturated heterocycles. The summed E-state index contributed by atoms with van der Waals surface area (Å²) in [4.78, 5) is 12.0. The van der Waals surface area contributed by atoms with Crippen molar-refractivity contribution in [1.82, 2.24) is 10.6 Å². The van der Waals surface area contributed by atoms with Gasteiger partial charge in [-0.2, -0.15) is 0 Å². The first kappa shape index (κ1) is 15.5. The monoisotopic (exact) mass is 254 g/mol. The standard InChI is InChI=1S/C15H30N2O/c1-4-5-7-10-15(2,3)12-17-14(18)13-9-6-8-11-16-13/h13,16H,4-12H2,1-3H3,(H,17,18). The number of carbonyl (C=O) groups is 1. The molecule has 18 heavy (non-hydrogen) atoms. The minimum Gasteiger partial charge on any atom is -0.354 e. The molecule has 1 unspecified atom stereocenters. The molecule has 3 nitrogen and oxygen atoms in total. The zero-order valence-corrected chi connectivity index (χ0v) is 12.3. The van der Waals surface area contributed by atoms with Gasteiger partial charge >= 0.3 is 0 Å². The molecule has 0 aliphatic carbocycles. The van der Waals surface area contributed by atoms with Gasteiger partial charge in [-0.1, -0.05) is 46.5 Å². The van der Waals surface area contributed by atoms with Crippen molar-refractivity contribution in [3.8, 4) is 0 Å². The SMILES string of the molecule is CCCCCC(C)(C)CNC(=O)C1CCCCN1. The van der Waals surface area contributed by atoms with Crippen LogP contribution in [0, 0.1) is 5.41 Å². The van der Waals surface area contributed by atoms with E-state index in [1.54, 1.807) is 0 Å². The van der Waals surface area contributed by atoms with E-state index in [2.05, 4.69) is 31.4 Å². The van der Waals surface area contributed by atoms with E-state index in [0.29, 0.717) is 0 Å². The van der Waals surface area contributed by atoms with Crippen LogP contribution in [0.5, 0.6) is 0 Å². The lowest BCUT2D eigenvalue weighted by atomic mass is 9.86. The Bertz CT molecular complexity index is 245. The topological polar surface area (TPSA) is 41.1 Å². The van der Waals surface area contributed by atoms with Gasteiger partial charge in [-0.05, 0) is 31.2 Å². The number of hydrogen-bond donors (Lipinski definition) is 2. The number of amides is 1. The number of carbonyl (C=O) groups excluding carboxylic acids is 1. The van der Waals surface area contributed by atoms with E-state index in [1.807, 2.05) is 0 Å². The van der Waals surface area contributed by atoms with Gasteiger partial charge in [-0.25, -0.2) is 0 Å². The van der Waals surface area contributed by atoms with Gasteiger partial charge in [0, 0.05) is 6.54 Å². The molecule has 0 spiro atoms. The minimum atomic E-state index is 0.0465. The summed E-state index contributed by atoms with van der Waals surface area (Å²) < 4.78 is 0. The Morgan fingerprint density at radius 1 is 1.33 bits per heavy atom. The van der Waals surface area contributed by atoms with E-state index >= 15 is 0 Å². The molecular weight excluding hydrogens is 224 g/mol. The number of nitrogens with one attached hydrogen (secondary N) is 2. The van der Waals surface area contributed by atoms with Crippen molar-refractivity contribution in [2.45, 2.75) is 71.8 Å². The molecule has 0 aromatic carbocycles. The lowest BCUT2D eigenvalue weighted by Crippen LogP contribution is -2.48. The van der Waals surface area contributed by atoms with Crippen LogP contribution in [-0.4, -0.2) is 25.0 Å². The van der Waals surface area contributed by atoms with Crippen molar-refractivity contribution >= 4 is 5.91 Å². The highest BCUT2D eigenvalue weighted by atomic mass is 16.2. The lowest BCUT2D eigenvalue weighted by Gasteiger charge is -2.28. The van der Waals surface area contributed by atoms with Gasteiger partial charge in [-0.3, -0.25) is 4.79 Å². The lowest BCUT2D eigenvalue weighted by molar-refractivity contribution is -0.124. The molecule has 1 amide bonds. The average Bonchev–Trinajstić information content (AvgIpc) is 2.37. The van der Waals surface area contributed by atoms with E-state index in [1.165, 1.54) is 38.5 Å². The van der Waals surface area contributed by atoms with Crippen molar-refractivity contribution in [3.63, 3.8) is 0 Å². The number of unbranched alkanes of at least 4 members (excludes halogenated alkanes) is 2. The maximum absolute atomic E-state index is 12.0. The van der Waals surface area contributed by atoms with Gasteiger partial charge in [0.15, 0.2) is 0 Å². The Kier molecular flexibility index (Phi) is 6.69. The summed E-state index contributed by atoms with van der Waals surface area (Å²) in [5, 5.41) is 6.41. The van der Waals surface area contributed by atoms with Crippen LogP contribution >= 0.6 is 0 Å². The molecule has 0 radical (unpaired) electrons. The smallest absolute Gasteiger partial charge is 0.237 e. The molecule has 3 heteroatoms. The van der Waals surface area contributed by atoms with Crippen molar-refractivity contribution in [1.29, 1.82) is 0 Å². The Morgan fingerprint density at radius 2 is 2.11 bits per heavy atom. The molecule has 0 saturated carbocycles. The molecule has 106 valence electrons. The molecule has 1 fully saturated rings. The molecule has 1 aliphatic rings. The molecular formula is C15H30N2O. The molecule has 1 heterocycles. The highest BCUT2D eigenvalue weighted by Crippen LogP contribution is 2.22. The fourth-order valence-corrected chi connectivity index (χ4v) is 2.47. The van der Waals surface area contributed by atoms with Gasteiger partial charge in [0.1, 0.15) is 0 Å². The summed E-state index contributed by atoms with van der Waals surface area (Å²) in [5.41, 5.74) is 0.222. The van der Waals surface area contributed by atoms with Crippen LogP contribution < -0.4 is 10.6 Å². The molecule has 1 rings (SSSR count). The summed E-state index contributed by atoms with van der Waals surface area (Å²) in [5.74, 6) is 0.193.